The Kier molecular flexibility index (Phi) is 13.9. The summed E-state index contributed by atoms with van der Waals surface area (Å²) in [6.45, 7) is 10.4. The van der Waals surface area contributed by atoms with Gasteiger partial charge in [-0.1, -0.05) is 57.9 Å². The fraction of sp³-hybridized carbons (Fsp3) is 0.595. The number of piperazine rings is 1. The van der Waals surface area contributed by atoms with E-state index in [-0.39, 0.29) is 22.1 Å². The average Bonchev–Trinajstić information content (AvgIpc) is 3.11. The number of halogens is 1. The summed E-state index contributed by atoms with van der Waals surface area (Å²) in [5, 5.41) is 10.8. The van der Waals surface area contributed by atoms with Gasteiger partial charge in [-0.25, -0.2) is 12.8 Å². The summed E-state index contributed by atoms with van der Waals surface area (Å²) in [5.41, 5.74) is 1.23. The Hall–Kier alpha value is -2.61. The van der Waals surface area contributed by atoms with Crippen molar-refractivity contribution in [2.45, 2.75) is 93.5 Å². The minimum Gasteiger partial charge on any atom is -0.491 e. The highest BCUT2D eigenvalue weighted by Gasteiger charge is 2.32. The second-order valence-electron chi connectivity index (χ2n) is 13.7. The molecule has 0 amide bonds. The molecule has 3 aromatic rings. The normalized spacial score (nSPS) is 17.5. The topological polar surface area (TPSA) is 106 Å². The summed E-state index contributed by atoms with van der Waals surface area (Å²) in [6, 6.07) is 9.92. The molecule has 2 aromatic carbocycles. The number of rotatable bonds is 17. The molecule has 2 aliphatic rings. The van der Waals surface area contributed by atoms with E-state index in [0.717, 1.165) is 69.5 Å². The molecular formula is C37H55FN4O5SSi. The molecule has 0 aliphatic carbocycles. The molecule has 9 nitrogen and oxygen atoms in total. The first-order valence-electron chi connectivity index (χ1n) is 18.3. The number of fused-ring (bicyclic) bond motifs is 1. The van der Waals surface area contributed by atoms with Crippen molar-refractivity contribution in [1.82, 2.24) is 14.8 Å². The number of aromatic nitrogens is 1. The second kappa shape index (κ2) is 18.0. The Morgan fingerprint density at radius 2 is 1.63 bits per heavy atom. The van der Waals surface area contributed by atoms with Crippen LogP contribution in [0.4, 0.5) is 10.1 Å². The number of sulfone groups is 1. The van der Waals surface area contributed by atoms with Crippen LogP contribution in [-0.4, -0.2) is 107 Å². The van der Waals surface area contributed by atoms with Crippen molar-refractivity contribution in [2.75, 3.05) is 63.9 Å². The van der Waals surface area contributed by atoms with E-state index in [2.05, 4.69) is 26.6 Å². The van der Waals surface area contributed by atoms with Gasteiger partial charge in [0.15, 0.2) is 11.6 Å². The van der Waals surface area contributed by atoms with E-state index in [1.54, 1.807) is 0 Å². The lowest BCUT2D eigenvalue weighted by Gasteiger charge is -2.43. The maximum atomic E-state index is 15.3. The first-order chi connectivity index (χ1) is 23.7. The molecular weight excluding hydrogens is 660 g/mol. The molecule has 1 aromatic heterocycles. The lowest BCUT2D eigenvalue weighted by atomic mass is 10.0. The van der Waals surface area contributed by atoms with Crippen molar-refractivity contribution < 1.29 is 27.4 Å². The van der Waals surface area contributed by atoms with E-state index in [0.29, 0.717) is 48.9 Å². The van der Waals surface area contributed by atoms with Crippen LogP contribution in [0.15, 0.2) is 52.4 Å². The predicted molar refractivity (Wildman–Crippen MR) is 197 cm³/mol. The molecule has 5 rings (SSSR count). The summed E-state index contributed by atoms with van der Waals surface area (Å²) in [7, 11) is -6.34. The molecule has 1 unspecified atom stereocenters. The van der Waals surface area contributed by atoms with Crippen LogP contribution in [0.1, 0.15) is 71.1 Å². The number of β-amino-alcohol motifs (C(OH)–C–C–N with tert-alkyl or cyclic N) is 1. The van der Waals surface area contributed by atoms with Crippen LogP contribution < -0.4 is 14.8 Å². The zero-order valence-corrected chi connectivity index (χ0v) is 31.3. The Balaban J connectivity index is 1.33. The van der Waals surface area contributed by atoms with Gasteiger partial charge in [0.05, 0.1) is 29.3 Å². The van der Waals surface area contributed by atoms with Gasteiger partial charge in [-0.2, -0.15) is 0 Å². The average molecular weight is 715 g/mol. The van der Waals surface area contributed by atoms with Crippen LogP contribution in [0.2, 0.25) is 6.55 Å². The number of ether oxygens (including phenoxy) is 1. The highest BCUT2D eigenvalue weighted by Crippen LogP contribution is 2.38. The number of hydrogen-bond donors (Lipinski definition) is 2. The molecule has 1 atom stereocenters. The predicted octanol–water partition coefficient (Wildman–Crippen LogP) is 4.86. The van der Waals surface area contributed by atoms with Gasteiger partial charge in [0.1, 0.15) is 4.90 Å². The largest absolute Gasteiger partial charge is 0.491 e. The molecule has 2 saturated heterocycles. The van der Waals surface area contributed by atoms with Gasteiger partial charge in [0.2, 0.25) is 18.9 Å². The van der Waals surface area contributed by atoms with E-state index < -0.39 is 24.7 Å². The number of piperidine rings is 1. The monoisotopic (exact) mass is 714 g/mol. The van der Waals surface area contributed by atoms with Gasteiger partial charge >= 0.3 is 0 Å². The van der Waals surface area contributed by atoms with Gasteiger partial charge in [0, 0.05) is 63.4 Å². The van der Waals surface area contributed by atoms with Crippen molar-refractivity contribution in [2.24, 2.45) is 0 Å². The molecule has 0 bridgehead atoms. The summed E-state index contributed by atoms with van der Waals surface area (Å²) in [5.74, 6) is -0.636. The zero-order chi connectivity index (χ0) is 34.8. The summed E-state index contributed by atoms with van der Waals surface area (Å²) in [6.07, 6.45) is 12.4. The Morgan fingerprint density at radius 1 is 0.939 bits per heavy atom. The summed E-state index contributed by atoms with van der Waals surface area (Å²) >= 11 is 0. The van der Waals surface area contributed by atoms with E-state index in [4.69, 9.17) is 4.74 Å². The van der Waals surface area contributed by atoms with Gasteiger partial charge in [-0.15, -0.1) is 0 Å². The Labute approximate surface area is 293 Å². The van der Waals surface area contributed by atoms with Gasteiger partial charge in [-0.05, 0) is 61.3 Å². The molecule has 3 heterocycles. The highest BCUT2D eigenvalue weighted by atomic mass is 32.2. The molecule has 49 heavy (non-hydrogen) atoms. The van der Waals surface area contributed by atoms with Crippen LogP contribution >= 0.6 is 0 Å². The number of aliphatic hydroxyl groups excluding tert-OH is 1. The van der Waals surface area contributed by atoms with Gasteiger partial charge < -0.3 is 19.5 Å². The highest BCUT2D eigenvalue weighted by molar-refractivity contribution is 7.91. The van der Waals surface area contributed by atoms with Crippen LogP contribution in [0.3, 0.4) is 0 Å². The summed E-state index contributed by atoms with van der Waals surface area (Å²) in [4.78, 5) is 21.9. The fourth-order valence-electron chi connectivity index (χ4n) is 7.22. The molecule has 2 fully saturated rings. The number of anilines is 1. The van der Waals surface area contributed by atoms with Crippen molar-refractivity contribution in [3.8, 4) is 5.75 Å². The van der Waals surface area contributed by atoms with Crippen LogP contribution in [0.25, 0.3) is 10.9 Å². The molecule has 12 heteroatoms. The van der Waals surface area contributed by atoms with E-state index in [1.807, 2.05) is 24.7 Å². The second-order valence-corrected chi connectivity index (χ2v) is 17.6. The van der Waals surface area contributed by atoms with E-state index in [9.17, 15) is 18.3 Å². The number of hydrogen-bond acceptors (Lipinski definition) is 9. The Bertz CT molecular complexity index is 1610. The lowest BCUT2D eigenvalue weighted by Crippen LogP contribution is -2.53. The van der Waals surface area contributed by atoms with Crippen LogP contribution in [0.5, 0.6) is 5.75 Å². The van der Waals surface area contributed by atoms with Crippen molar-refractivity contribution in [3.05, 3.63) is 48.4 Å². The van der Waals surface area contributed by atoms with Crippen molar-refractivity contribution >= 4 is 40.7 Å². The SMILES string of the molecule is CCCCCCCCCCOc1ccc(S(=O)(=O)c2cnc3ccc([SiH](C)O)cc3c2N2CCC(N3CCN(CCO)CC3)CC2)cc1F. The minimum atomic E-state index is -4.16. The number of aliphatic hydroxyl groups is 1. The quantitative estimate of drug-likeness (QED) is 0.150. The molecule has 2 aliphatic heterocycles. The molecule has 0 spiro atoms. The minimum absolute atomic E-state index is 0.0486. The van der Waals surface area contributed by atoms with Gasteiger partial charge in [-0.3, -0.25) is 14.8 Å². The molecule has 0 saturated carbocycles. The van der Waals surface area contributed by atoms with Crippen molar-refractivity contribution in [3.63, 3.8) is 0 Å². The standard InChI is InChI=1S/C37H55FN4O5SSi/c1-3-4-5-6-7-8-9-10-25-47-35-14-11-30(26-33(35)38)48(44,45)36-28-39-34-13-12-31(49(2)46)27-32(34)37(36)42-17-15-29(16-18-42)41-21-19-40(20-22-41)23-24-43/h11-14,26-29,43,46,49H,3-10,15-25H2,1-2H3. The third-order valence-electron chi connectivity index (χ3n) is 10.2. The Morgan fingerprint density at radius 3 is 2.29 bits per heavy atom. The first kappa shape index (κ1) is 37.6. The van der Waals surface area contributed by atoms with E-state index >= 15 is 4.39 Å². The zero-order valence-electron chi connectivity index (χ0n) is 29.3. The third-order valence-corrected chi connectivity index (χ3v) is 13.3. The molecule has 0 radical (unpaired) electrons. The smallest absolute Gasteiger partial charge is 0.210 e. The molecule has 270 valence electrons. The van der Waals surface area contributed by atoms with Gasteiger partial charge in [0.25, 0.3) is 0 Å². The van der Waals surface area contributed by atoms with Crippen molar-refractivity contribution in [1.29, 1.82) is 0 Å². The maximum absolute atomic E-state index is 15.3. The maximum Gasteiger partial charge on any atom is 0.210 e. The summed E-state index contributed by atoms with van der Waals surface area (Å²) < 4.78 is 49.6. The lowest BCUT2D eigenvalue weighted by molar-refractivity contribution is 0.0747. The number of unbranched alkanes of at least 4 members (excludes halogenated alkanes) is 7. The number of benzene rings is 2. The fourth-order valence-corrected chi connectivity index (χ4v) is 9.45. The first-order valence-corrected chi connectivity index (χ1v) is 22.1. The third kappa shape index (κ3) is 9.59. The number of nitrogens with zero attached hydrogens (tertiary/aromatic N) is 4. The number of pyridine rings is 1. The van der Waals surface area contributed by atoms with Crippen LogP contribution in [-0.2, 0) is 9.84 Å². The van der Waals surface area contributed by atoms with E-state index in [1.165, 1.54) is 50.4 Å². The molecule has 2 N–H and O–H groups in total. The van der Waals surface area contributed by atoms with Crippen LogP contribution in [0, 0.1) is 5.82 Å².